The maximum atomic E-state index is 5.97. The molecule has 1 aliphatic rings. The van der Waals surface area contributed by atoms with E-state index in [1.807, 2.05) is 25.1 Å². The zero-order valence-electron chi connectivity index (χ0n) is 16.8. The minimum absolute atomic E-state index is 0.111. The molecular formula is C21H31N5. The molecule has 0 aliphatic carbocycles. The summed E-state index contributed by atoms with van der Waals surface area (Å²) in [4.78, 5) is 11.4. The normalized spacial score (nSPS) is 20.1. The van der Waals surface area contributed by atoms with Gasteiger partial charge in [0.1, 0.15) is 5.82 Å². The third kappa shape index (κ3) is 3.54. The lowest BCUT2D eigenvalue weighted by molar-refractivity contribution is -0.00771. The van der Waals surface area contributed by atoms with Crippen molar-refractivity contribution in [3.63, 3.8) is 0 Å². The van der Waals surface area contributed by atoms with Gasteiger partial charge in [0, 0.05) is 22.7 Å². The summed E-state index contributed by atoms with van der Waals surface area (Å²) in [5.41, 5.74) is 9.24. The van der Waals surface area contributed by atoms with Gasteiger partial charge in [-0.1, -0.05) is 30.3 Å². The second-order valence-corrected chi connectivity index (χ2v) is 8.69. The summed E-state index contributed by atoms with van der Waals surface area (Å²) in [6, 6.07) is 10.6. The van der Waals surface area contributed by atoms with Gasteiger partial charge in [0.05, 0.1) is 5.69 Å². The molecule has 5 nitrogen and oxygen atoms in total. The van der Waals surface area contributed by atoms with E-state index in [4.69, 9.17) is 5.73 Å². The molecule has 2 aromatic rings. The molecule has 0 unspecified atom stereocenters. The molecule has 1 aromatic heterocycles. The third-order valence-corrected chi connectivity index (χ3v) is 5.82. The summed E-state index contributed by atoms with van der Waals surface area (Å²) in [7, 11) is 2.22. The molecular weight excluding hydrogens is 322 g/mol. The highest BCUT2D eigenvalue weighted by Gasteiger charge is 2.43. The molecule has 1 aromatic carbocycles. The van der Waals surface area contributed by atoms with E-state index in [9.17, 15) is 0 Å². The SMILES string of the molecule is Cc1nc(N)nc(NC2CC(C)(C)N(C)C(C)(C)C2)c1-c1ccccc1. The van der Waals surface area contributed by atoms with Crippen LogP contribution in [0.15, 0.2) is 30.3 Å². The Morgan fingerprint density at radius 3 is 2.19 bits per heavy atom. The second kappa shape index (κ2) is 6.54. The smallest absolute Gasteiger partial charge is 0.222 e. The van der Waals surface area contributed by atoms with Crippen molar-refractivity contribution in [3.05, 3.63) is 36.0 Å². The lowest BCUT2D eigenvalue weighted by Gasteiger charge is -2.53. The molecule has 0 radical (unpaired) electrons. The van der Waals surface area contributed by atoms with Crippen molar-refractivity contribution >= 4 is 11.8 Å². The topological polar surface area (TPSA) is 67.1 Å². The average Bonchev–Trinajstić information content (AvgIpc) is 2.52. The first-order valence-electron chi connectivity index (χ1n) is 9.30. The summed E-state index contributed by atoms with van der Waals surface area (Å²) < 4.78 is 0. The number of likely N-dealkylation sites (tertiary alicyclic amines) is 1. The molecule has 5 heteroatoms. The number of aryl methyl sites for hydroxylation is 1. The van der Waals surface area contributed by atoms with Crippen LogP contribution in [-0.4, -0.2) is 39.0 Å². The molecule has 0 saturated carbocycles. The Morgan fingerprint density at radius 2 is 1.62 bits per heavy atom. The second-order valence-electron chi connectivity index (χ2n) is 8.69. The van der Waals surface area contributed by atoms with Crippen LogP contribution in [0.1, 0.15) is 46.2 Å². The highest BCUT2D eigenvalue weighted by atomic mass is 15.3. The van der Waals surface area contributed by atoms with Crippen LogP contribution in [0.2, 0.25) is 0 Å². The van der Waals surface area contributed by atoms with Gasteiger partial charge in [-0.25, -0.2) is 4.98 Å². The van der Waals surface area contributed by atoms with Gasteiger partial charge >= 0.3 is 0 Å². The maximum absolute atomic E-state index is 5.97. The van der Waals surface area contributed by atoms with E-state index in [0.29, 0.717) is 12.0 Å². The van der Waals surface area contributed by atoms with Crippen molar-refractivity contribution in [2.45, 2.75) is 64.6 Å². The van der Waals surface area contributed by atoms with Crippen molar-refractivity contribution in [2.75, 3.05) is 18.1 Å². The molecule has 3 rings (SSSR count). The molecule has 1 aliphatic heterocycles. The summed E-state index contributed by atoms with van der Waals surface area (Å²) in [6.45, 7) is 11.2. The van der Waals surface area contributed by atoms with Gasteiger partial charge in [0.25, 0.3) is 0 Å². The molecule has 0 atom stereocenters. The first-order chi connectivity index (χ1) is 12.1. The van der Waals surface area contributed by atoms with Gasteiger partial charge in [-0.3, -0.25) is 4.90 Å². The Labute approximate surface area is 157 Å². The predicted octanol–water partition coefficient (Wildman–Crippen LogP) is 4.10. The van der Waals surface area contributed by atoms with E-state index in [2.05, 4.69) is 67.1 Å². The zero-order valence-corrected chi connectivity index (χ0v) is 16.8. The lowest BCUT2D eigenvalue weighted by atomic mass is 9.77. The number of aromatic nitrogens is 2. The van der Waals surface area contributed by atoms with E-state index in [-0.39, 0.29) is 11.1 Å². The number of hydrogen-bond acceptors (Lipinski definition) is 5. The quantitative estimate of drug-likeness (QED) is 0.870. The fourth-order valence-corrected chi connectivity index (χ4v) is 4.32. The van der Waals surface area contributed by atoms with Crippen LogP contribution in [0.4, 0.5) is 11.8 Å². The van der Waals surface area contributed by atoms with Crippen molar-refractivity contribution in [2.24, 2.45) is 0 Å². The highest BCUT2D eigenvalue weighted by molar-refractivity contribution is 5.78. The van der Waals surface area contributed by atoms with Gasteiger partial charge < -0.3 is 11.1 Å². The van der Waals surface area contributed by atoms with Crippen LogP contribution in [0.5, 0.6) is 0 Å². The summed E-state index contributed by atoms with van der Waals surface area (Å²) in [6.07, 6.45) is 2.09. The summed E-state index contributed by atoms with van der Waals surface area (Å²) in [5.74, 6) is 1.15. The van der Waals surface area contributed by atoms with Gasteiger partial charge in [-0.15, -0.1) is 0 Å². The van der Waals surface area contributed by atoms with Crippen LogP contribution in [0.3, 0.4) is 0 Å². The molecule has 0 amide bonds. The van der Waals surface area contributed by atoms with Gasteiger partial charge in [-0.05, 0) is 60.1 Å². The molecule has 2 heterocycles. The number of anilines is 2. The van der Waals surface area contributed by atoms with E-state index in [1.54, 1.807) is 0 Å². The Morgan fingerprint density at radius 1 is 1.04 bits per heavy atom. The molecule has 26 heavy (non-hydrogen) atoms. The molecule has 1 fully saturated rings. The van der Waals surface area contributed by atoms with Crippen molar-refractivity contribution in [3.8, 4) is 11.1 Å². The monoisotopic (exact) mass is 353 g/mol. The number of benzene rings is 1. The fraction of sp³-hybridized carbons (Fsp3) is 0.524. The van der Waals surface area contributed by atoms with Gasteiger partial charge in [0.2, 0.25) is 5.95 Å². The lowest BCUT2D eigenvalue weighted by Crippen LogP contribution is -2.61. The number of hydrogen-bond donors (Lipinski definition) is 2. The molecule has 0 bridgehead atoms. The third-order valence-electron chi connectivity index (χ3n) is 5.82. The first-order valence-corrected chi connectivity index (χ1v) is 9.30. The zero-order chi connectivity index (χ0) is 19.1. The number of nitrogens with zero attached hydrogens (tertiary/aromatic N) is 3. The largest absolute Gasteiger partial charge is 0.368 e. The van der Waals surface area contributed by atoms with Crippen LogP contribution in [0.25, 0.3) is 11.1 Å². The van der Waals surface area contributed by atoms with Crippen molar-refractivity contribution < 1.29 is 0 Å². The fourth-order valence-electron chi connectivity index (χ4n) is 4.32. The van der Waals surface area contributed by atoms with Gasteiger partial charge in [0.15, 0.2) is 0 Å². The summed E-state index contributed by atoms with van der Waals surface area (Å²) in [5, 5.41) is 3.70. The highest BCUT2D eigenvalue weighted by Crippen LogP contribution is 2.39. The molecule has 0 spiro atoms. The van der Waals surface area contributed by atoms with E-state index >= 15 is 0 Å². The van der Waals surface area contributed by atoms with Crippen molar-refractivity contribution in [1.29, 1.82) is 0 Å². The number of nitrogens with one attached hydrogen (secondary N) is 1. The molecule has 140 valence electrons. The minimum Gasteiger partial charge on any atom is -0.368 e. The van der Waals surface area contributed by atoms with Crippen LogP contribution < -0.4 is 11.1 Å². The van der Waals surface area contributed by atoms with Crippen molar-refractivity contribution in [1.82, 2.24) is 14.9 Å². The van der Waals surface area contributed by atoms with E-state index < -0.39 is 0 Å². The molecule has 1 saturated heterocycles. The predicted molar refractivity (Wildman–Crippen MR) is 109 cm³/mol. The Hall–Kier alpha value is -2.14. The number of nitrogens with two attached hydrogens (primary N) is 1. The molecule has 3 N–H and O–H groups in total. The van der Waals surface area contributed by atoms with Crippen LogP contribution >= 0.6 is 0 Å². The Kier molecular flexibility index (Phi) is 4.69. The number of nitrogen functional groups attached to an aromatic ring is 1. The van der Waals surface area contributed by atoms with Gasteiger partial charge in [-0.2, -0.15) is 4.98 Å². The van der Waals surface area contributed by atoms with E-state index in [1.165, 1.54) is 0 Å². The Balaban J connectivity index is 1.98. The van der Waals surface area contributed by atoms with Crippen LogP contribution in [0, 0.1) is 6.92 Å². The summed E-state index contributed by atoms with van der Waals surface area (Å²) >= 11 is 0. The maximum Gasteiger partial charge on any atom is 0.222 e. The first kappa shape index (κ1) is 18.6. The minimum atomic E-state index is 0.111. The Bertz CT molecular complexity index is 764. The number of piperidine rings is 1. The number of rotatable bonds is 3. The average molecular weight is 354 g/mol. The standard InChI is InChI=1S/C21H31N5/c1-14-17(15-10-8-7-9-11-15)18(25-19(22)23-14)24-16-12-20(2,3)26(6)21(4,5)13-16/h7-11,16H,12-13H2,1-6H3,(H3,22,23,24,25). The van der Waals surface area contributed by atoms with Crippen LogP contribution in [-0.2, 0) is 0 Å². The van der Waals surface area contributed by atoms with E-state index in [0.717, 1.165) is 35.5 Å².